The van der Waals surface area contributed by atoms with Crippen LogP contribution >= 0.6 is 34.8 Å². The molecule has 184 valence electrons. The lowest BCUT2D eigenvalue weighted by Gasteiger charge is -2.32. The Morgan fingerprint density at radius 3 is 2.06 bits per heavy atom. The Balaban J connectivity index is 1.98. The zero-order valence-corrected chi connectivity index (χ0v) is 22.1. The molecule has 0 spiro atoms. The average molecular weight is 532 g/mol. The van der Waals surface area contributed by atoms with Gasteiger partial charge in [-0.05, 0) is 46.9 Å². The van der Waals surface area contributed by atoms with Gasteiger partial charge in [-0.1, -0.05) is 97.2 Å². The van der Waals surface area contributed by atoms with Gasteiger partial charge in [0, 0.05) is 34.6 Å². The van der Waals surface area contributed by atoms with E-state index in [0.717, 1.165) is 11.1 Å². The summed E-state index contributed by atoms with van der Waals surface area (Å²) in [6, 6.07) is 21.4. The van der Waals surface area contributed by atoms with Gasteiger partial charge >= 0.3 is 0 Å². The Kier molecular flexibility index (Phi) is 10.0. The molecule has 2 amide bonds. The van der Waals surface area contributed by atoms with E-state index in [9.17, 15) is 9.59 Å². The molecule has 4 nitrogen and oxygen atoms in total. The Hall–Kier alpha value is -2.53. The number of benzene rings is 3. The quantitative estimate of drug-likeness (QED) is 0.320. The first-order chi connectivity index (χ1) is 16.7. The molecule has 0 bridgehead atoms. The maximum Gasteiger partial charge on any atom is 0.243 e. The van der Waals surface area contributed by atoms with Gasteiger partial charge < -0.3 is 10.2 Å². The molecule has 0 fully saturated rings. The van der Waals surface area contributed by atoms with Crippen molar-refractivity contribution in [2.45, 2.75) is 39.3 Å². The summed E-state index contributed by atoms with van der Waals surface area (Å²) in [5, 5.41) is 4.45. The highest BCUT2D eigenvalue weighted by Crippen LogP contribution is 2.26. The summed E-state index contributed by atoms with van der Waals surface area (Å²) in [5.74, 6) is -0.163. The van der Waals surface area contributed by atoms with E-state index in [0.29, 0.717) is 33.6 Å². The number of hydrogen-bond donors (Lipinski definition) is 1. The molecule has 1 atom stereocenters. The number of hydrogen-bond acceptors (Lipinski definition) is 2. The largest absolute Gasteiger partial charge is 0.354 e. The first-order valence-corrected chi connectivity index (χ1v) is 12.7. The molecule has 0 saturated heterocycles. The topological polar surface area (TPSA) is 49.4 Å². The van der Waals surface area contributed by atoms with Crippen molar-refractivity contribution in [1.82, 2.24) is 10.2 Å². The zero-order valence-electron chi connectivity index (χ0n) is 19.8. The van der Waals surface area contributed by atoms with Crippen LogP contribution in [0.4, 0.5) is 0 Å². The molecular formula is C28H29Cl3N2O2. The van der Waals surface area contributed by atoms with Gasteiger partial charge in [0.1, 0.15) is 6.04 Å². The van der Waals surface area contributed by atoms with E-state index < -0.39 is 6.04 Å². The Labute approximate surface area is 222 Å². The van der Waals surface area contributed by atoms with Crippen molar-refractivity contribution in [3.05, 3.63) is 105 Å². The molecule has 0 aliphatic rings. The summed E-state index contributed by atoms with van der Waals surface area (Å²) in [6.45, 7) is 4.82. The molecule has 0 radical (unpaired) electrons. The number of carbonyl (C=O) groups excluding carboxylic acids is 2. The van der Waals surface area contributed by atoms with Crippen LogP contribution in [0.3, 0.4) is 0 Å². The maximum atomic E-state index is 13.8. The number of halogens is 3. The minimum atomic E-state index is -0.722. The smallest absolute Gasteiger partial charge is 0.243 e. The third kappa shape index (κ3) is 7.99. The Morgan fingerprint density at radius 2 is 1.46 bits per heavy atom. The van der Waals surface area contributed by atoms with Gasteiger partial charge in [-0.2, -0.15) is 0 Å². The monoisotopic (exact) mass is 530 g/mol. The van der Waals surface area contributed by atoms with Crippen molar-refractivity contribution >= 4 is 46.6 Å². The van der Waals surface area contributed by atoms with Crippen LogP contribution in [0.25, 0.3) is 0 Å². The van der Waals surface area contributed by atoms with Crippen molar-refractivity contribution in [2.24, 2.45) is 5.92 Å². The van der Waals surface area contributed by atoms with Crippen LogP contribution in [0.2, 0.25) is 15.1 Å². The molecule has 0 aliphatic carbocycles. The number of carbonyl (C=O) groups is 2. The van der Waals surface area contributed by atoms with Crippen molar-refractivity contribution < 1.29 is 9.59 Å². The Bertz CT molecular complexity index is 1110. The molecule has 0 aromatic heterocycles. The van der Waals surface area contributed by atoms with E-state index in [1.54, 1.807) is 35.2 Å². The molecule has 35 heavy (non-hydrogen) atoms. The van der Waals surface area contributed by atoms with E-state index in [2.05, 4.69) is 5.32 Å². The highest BCUT2D eigenvalue weighted by molar-refractivity contribution is 6.36. The second-order valence-corrected chi connectivity index (χ2v) is 10.1. The van der Waals surface area contributed by atoms with Crippen molar-refractivity contribution in [3.8, 4) is 0 Å². The lowest BCUT2D eigenvalue weighted by Crippen LogP contribution is -2.51. The van der Waals surface area contributed by atoms with Crippen molar-refractivity contribution in [3.63, 3.8) is 0 Å². The van der Waals surface area contributed by atoms with Crippen LogP contribution in [-0.2, 0) is 29.0 Å². The Morgan fingerprint density at radius 1 is 0.829 bits per heavy atom. The SMILES string of the molecule is CC(C)CNC(=O)[C@H](Cc1ccccc1)N(Cc1ccc(Cl)cc1)C(=O)Cc1c(Cl)cccc1Cl. The van der Waals surface area contributed by atoms with E-state index in [1.807, 2.05) is 56.3 Å². The normalized spacial score (nSPS) is 11.8. The highest BCUT2D eigenvalue weighted by Gasteiger charge is 2.31. The number of nitrogens with zero attached hydrogens (tertiary/aromatic N) is 1. The van der Waals surface area contributed by atoms with Crippen LogP contribution < -0.4 is 5.32 Å². The average Bonchev–Trinajstić information content (AvgIpc) is 2.84. The number of rotatable bonds is 10. The first-order valence-electron chi connectivity index (χ1n) is 11.5. The minimum absolute atomic E-state index is 0.0190. The summed E-state index contributed by atoms with van der Waals surface area (Å²) in [4.78, 5) is 28.8. The van der Waals surface area contributed by atoms with E-state index in [4.69, 9.17) is 34.8 Å². The zero-order chi connectivity index (χ0) is 25.4. The minimum Gasteiger partial charge on any atom is -0.354 e. The predicted octanol–water partition coefficient (Wildman–Crippen LogP) is 6.60. The summed E-state index contributed by atoms with van der Waals surface area (Å²) in [5.41, 5.74) is 2.37. The van der Waals surface area contributed by atoms with Crippen LogP contribution in [0.1, 0.15) is 30.5 Å². The highest BCUT2D eigenvalue weighted by atomic mass is 35.5. The van der Waals surface area contributed by atoms with Gasteiger partial charge in [-0.3, -0.25) is 9.59 Å². The lowest BCUT2D eigenvalue weighted by atomic mass is 10.0. The fourth-order valence-electron chi connectivity index (χ4n) is 3.72. The van der Waals surface area contributed by atoms with Crippen LogP contribution in [-0.4, -0.2) is 29.3 Å². The summed E-state index contributed by atoms with van der Waals surface area (Å²) in [6.07, 6.45) is 0.356. The van der Waals surface area contributed by atoms with E-state index >= 15 is 0 Å². The first kappa shape index (κ1) is 27.1. The van der Waals surface area contributed by atoms with Gasteiger partial charge in [0.15, 0.2) is 0 Å². The molecule has 3 aromatic carbocycles. The second kappa shape index (κ2) is 13.0. The van der Waals surface area contributed by atoms with Crippen LogP contribution in [0, 0.1) is 5.92 Å². The summed E-state index contributed by atoms with van der Waals surface area (Å²) < 4.78 is 0. The molecule has 0 heterocycles. The fourth-order valence-corrected chi connectivity index (χ4v) is 4.37. The second-order valence-electron chi connectivity index (χ2n) is 8.87. The summed E-state index contributed by atoms with van der Waals surface area (Å²) in [7, 11) is 0. The van der Waals surface area contributed by atoms with Gasteiger partial charge in [0.2, 0.25) is 11.8 Å². The van der Waals surface area contributed by atoms with E-state index in [-0.39, 0.29) is 30.7 Å². The number of nitrogens with one attached hydrogen (secondary N) is 1. The van der Waals surface area contributed by atoms with Gasteiger partial charge in [-0.25, -0.2) is 0 Å². The molecule has 0 unspecified atom stereocenters. The lowest BCUT2D eigenvalue weighted by molar-refractivity contribution is -0.140. The molecule has 3 rings (SSSR count). The van der Waals surface area contributed by atoms with E-state index in [1.165, 1.54) is 0 Å². The fraction of sp³-hybridized carbons (Fsp3) is 0.286. The summed E-state index contributed by atoms with van der Waals surface area (Å²) >= 11 is 18.8. The molecule has 0 aliphatic heterocycles. The third-order valence-electron chi connectivity index (χ3n) is 5.61. The maximum absolute atomic E-state index is 13.8. The van der Waals surface area contributed by atoms with Gasteiger partial charge in [-0.15, -0.1) is 0 Å². The number of amides is 2. The molecule has 3 aromatic rings. The molecule has 7 heteroatoms. The molecular weight excluding hydrogens is 503 g/mol. The van der Waals surface area contributed by atoms with Gasteiger partial charge in [0.25, 0.3) is 0 Å². The van der Waals surface area contributed by atoms with Crippen molar-refractivity contribution in [1.29, 1.82) is 0 Å². The van der Waals surface area contributed by atoms with Crippen molar-refractivity contribution in [2.75, 3.05) is 6.54 Å². The van der Waals surface area contributed by atoms with Gasteiger partial charge in [0.05, 0.1) is 6.42 Å². The van der Waals surface area contributed by atoms with Crippen LogP contribution in [0.5, 0.6) is 0 Å². The third-order valence-corrected chi connectivity index (χ3v) is 6.57. The van der Waals surface area contributed by atoms with Crippen LogP contribution in [0.15, 0.2) is 72.8 Å². The molecule has 0 saturated carbocycles. The predicted molar refractivity (Wildman–Crippen MR) is 144 cm³/mol. The molecule has 1 N–H and O–H groups in total. The standard InChI is InChI=1S/C28H29Cl3N2O2/c1-19(2)17-32-28(35)26(15-20-7-4-3-5-8-20)33(18-21-11-13-22(29)14-12-21)27(34)16-23-24(30)9-6-10-25(23)31/h3-14,19,26H,15-18H2,1-2H3,(H,32,35)/t26-/m0/s1.